The zero-order valence-corrected chi connectivity index (χ0v) is 8.82. The SMILES string of the molecule is CC(C)C(=O)NC1CCC(CO)OC1. The predicted molar refractivity (Wildman–Crippen MR) is 52.8 cm³/mol. The van der Waals surface area contributed by atoms with Crippen molar-refractivity contribution in [1.29, 1.82) is 0 Å². The Hall–Kier alpha value is -0.610. The minimum atomic E-state index is -0.0396. The molecule has 0 spiro atoms. The number of amides is 1. The van der Waals surface area contributed by atoms with E-state index in [9.17, 15) is 4.79 Å². The first-order valence-electron chi connectivity index (χ1n) is 5.16. The second-order valence-corrected chi connectivity index (χ2v) is 4.08. The summed E-state index contributed by atoms with van der Waals surface area (Å²) in [6, 6.07) is 0.118. The number of aliphatic hydroxyl groups is 1. The normalized spacial score (nSPS) is 27.7. The van der Waals surface area contributed by atoms with Gasteiger partial charge in [0.05, 0.1) is 25.4 Å². The average molecular weight is 201 g/mol. The Morgan fingerprint density at radius 1 is 1.57 bits per heavy atom. The second kappa shape index (κ2) is 5.32. The number of aliphatic hydroxyl groups excluding tert-OH is 1. The Bertz CT molecular complexity index is 186. The molecule has 2 atom stereocenters. The summed E-state index contributed by atoms with van der Waals surface area (Å²) in [6.45, 7) is 4.33. The first-order chi connectivity index (χ1) is 6.63. The Kier molecular flexibility index (Phi) is 4.35. The summed E-state index contributed by atoms with van der Waals surface area (Å²) >= 11 is 0. The fourth-order valence-corrected chi connectivity index (χ4v) is 1.43. The van der Waals surface area contributed by atoms with Gasteiger partial charge in [0.25, 0.3) is 0 Å². The molecule has 0 aromatic heterocycles. The molecule has 0 saturated carbocycles. The van der Waals surface area contributed by atoms with Crippen LogP contribution in [0.5, 0.6) is 0 Å². The highest BCUT2D eigenvalue weighted by Crippen LogP contribution is 2.13. The Morgan fingerprint density at radius 3 is 2.71 bits per heavy atom. The fourth-order valence-electron chi connectivity index (χ4n) is 1.43. The molecule has 0 aromatic rings. The lowest BCUT2D eigenvalue weighted by Crippen LogP contribution is -2.44. The Morgan fingerprint density at radius 2 is 2.29 bits per heavy atom. The van der Waals surface area contributed by atoms with Crippen LogP contribution in [0.3, 0.4) is 0 Å². The molecule has 1 rings (SSSR count). The topological polar surface area (TPSA) is 58.6 Å². The van der Waals surface area contributed by atoms with E-state index in [4.69, 9.17) is 9.84 Å². The van der Waals surface area contributed by atoms with Gasteiger partial charge >= 0.3 is 0 Å². The highest BCUT2D eigenvalue weighted by atomic mass is 16.5. The van der Waals surface area contributed by atoms with Crippen LogP contribution < -0.4 is 5.32 Å². The van der Waals surface area contributed by atoms with E-state index in [1.165, 1.54) is 0 Å². The number of rotatable bonds is 3. The number of carbonyl (C=O) groups is 1. The van der Waals surface area contributed by atoms with E-state index in [1.807, 2.05) is 13.8 Å². The summed E-state index contributed by atoms with van der Waals surface area (Å²) in [4.78, 5) is 11.3. The highest BCUT2D eigenvalue weighted by molar-refractivity contribution is 5.78. The summed E-state index contributed by atoms with van der Waals surface area (Å²) in [5.41, 5.74) is 0. The van der Waals surface area contributed by atoms with Crippen molar-refractivity contribution in [3.63, 3.8) is 0 Å². The summed E-state index contributed by atoms with van der Waals surface area (Å²) in [5.74, 6) is 0.0895. The zero-order valence-electron chi connectivity index (χ0n) is 8.82. The van der Waals surface area contributed by atoms with E-state index in [0.29, 0.717) is 6.61 Å². The summed E-state index contributed by atoms with van der Waals surface area (Å²) in [5, 5.41) is 11.8. The van der Waals surface area contributed by atoms with Crippen molar-refractivity contribution < 1.29 is 14.6 Å². The Balaban J connectivity index is 2.25. The Labute approximate surface area is 84.6 Å². The summed E-state index contributed by atoms with van der Waals surface area (Å²) < 4.78 is 5.36. The minimum absolute atomic E-state index is 0.0190. The fraction of sp³-hybridized carbons (Fsp3) is 0.900. The lowest BCUT2D eigenvalue weighted by molar-refractivity contribution is -0.126. The molecular formula is C10H19NO3. The van der Waals surface area contributed by atoms with Gasteiger partial charge in [-0.1, -0.05) is 13.8 Å². The minimum Gasteiger partial charge on any atom is -0.394 e. The first-order valence-corrected chi connectivity index (χ1v) is 5.16. The molecule has 4 heteroatoms. The summed E-state index contributed by atoms with van der Waals surface area (Å²) in [7, 11) is 0. The molecule has 1 heterocycles. The number of ether oxygens (including phenoxy) is 1. The average Bonchev–Trinajstić information content (AvgIpc) is 2.19. The van der Waals surface area contributed by atoms with Gasteiger partial charge in [0.2, 0.25) is 5.91 Å². The van der Waals surface area contributed by atoms with Crippen molar-refractivity contribution in [2.75, 3.05) is 13.2 Å². The second-order valence-electron chi connectivity index (χ2n) is 4.08. The van der Waals surface area contributed by atoms with Crippen LogP contribution >= 0.6 is 0 Å². The molecule has 4 nitrogen and oxygen atoms in total. The smallest absolute Gasteiger partial charge is 0.222 e. The van der Waals surface area contributed by atoms with Gasteiger partial charge in [-0.2, -0.15) is 0 Å². The maximum Gasteiger partial charge on any atom is 0.222 e. The molecule has 2 N–H and O–H groups in total. The summed E-state index contributed by atoms with van der Waals surface area (Å²) in [6.07, 6.45) is 1.67. The highest BCUT2D eigenvalue weighted by Gasteiger charge is 2.22. The van der Waals surface area contributed by atoms with Crippen LogP contribution in [0.1, 0.15) is 26.7 Å². The van der Waals surface area contributed by atoms with Crippen LogP contribution in [0.4, 0.5) is 0 Å². The molecule has 2 unspecified atom stereocenters. The molecule has 1 aliphatic heterocycles. The van der Waals surface area contributed by atoms with Crippen LogP contribution in [0.15, 0.2) is 0 Å². The van der Waals surface area contributed by atoms with E-state index in [1.54, 1.807) is 0 Å². The van der Waals surface area contributed by atoms with E-state index in [0.717, 1.165) is 12.8 Å². The van der Waals surface area contributed by atoms with Gasteiger partial charge in [-0.05, 0) is 12.8 Å². The lowest BCUT2D eigenvalue weighted by Gasteiger charge is -2.28. The van der Waals surface area contributed by atoms with Gasteiger partial charge in [-0.25, -0.2) is 0 Å². The van der Waals surface area contributed by atoms with Gasteiger partial charge in [0.15, 0.2) is 0 Å². The van der Waals surface area contributed by atoms with Crippen molar-refractivity contribution in [1.82, 2.24) is 5.32 Å². The monoisotopic (exact) mass is 201 g/mol. The lowest BCUT2D eigenvalue weighted by atomic mass is 10.0. The van der Waals surface area contributed by atoms with Crippen LogP contribution in [0.25, 0.3) is 0 Å². The third kappa shape index (κ3) is 3.27. The van der Waals surface area contributed by atoms with Crippen LogP contribution in [-0.2, 0) is 9.53 Å². The predicted octanol–water partition coefficient (Wildman–Crippen LogP) is 0.298. The van der Waals surface area contributed by atoms with Crippen molar-refractivity contribution in [3.8, 4) is 0 Å². The quantitative estimate of drug-likeness (QED) is 0.690. The number of hydrogen-bond acceptors (Lipinski definition) is 3. The molecule has 0 aliphatic carbocycles. The van der Waals surface area contributed by atoms with E-state index < -0.39 is 0 Å². The number of hydrogen-bond donors (Lipinski definition) is 2. The van der Waals surface area contributed by atoms with E-state index >= 15 is 0 Å². The number of carbonyl (C=O) groups excluding carboxylic acids is 1. The van der Waals surface area contributed by atoms with Gasteiger partial charge in [-0.15, -0.1) is 0 Å². The molecule has 1 fully saturated rings. The maximum atomic E-state index is 11.3. The van der Waals surface area contributed by atoms with Crippen molar-refractivity contribution in [3.05, 3.63) is 0 Å². The standard InChI is InChI=1S/C10H19NO3/c1-7(2)10(13)11-8-3-4-9(5-12)14-6-8/h7-9,12H,3-6H2,1-2H3,(H,11,13). The molecule has 1 saturated heterocycles. The third-order valence-electron chi connectivity index (χ3n) is 2.44. The molecule has 0 radical (unpaired) electrons. The van der Waals surface area contributed by atoms with Crippen LogP contribution in [0, 0.1) is 5.92 Å². The van der Waals surface area contributed by atoms with Crippen LogP contribution in [0.2, 0.25) is 0 Å². The van der Waals surface area contributed by atoms with Gasteiger partial charge in [-0.3, -0.25) is 4.79 Å². The molecule has 14 heavy (non-hydrogen) atoms. The molecular weight excluding hydrogens is 182 g/mol. The first kappa shape index (κ1) is 11.5. The van der Waals surface area contributed by atoms with Crippen molar-refractivity contribution >= 4 is 5.91 Å². The van der Waals surface area contributed by atoms with Gasteiger partial charge in [0.1, 0.15) is 0 Å². The van der Waals surface area contributed by atoms with Gasteiger partial charge in [0, 0.05) is 5.92 Å². The van der Waals surface area contributed by atoms with E-state index in [2.05, 4.69) is 5.32 Å². The molecule has 1 aliphatic rings. The van der Waals surface area contributed by atoms with Crippen LogP contribution in [-0.4, -0.2) is 36.4 Å². The van der Waals surface area contributed by atoms with Gasteiger partial charge < -0.3 is 15.2 Å². The van der Waals surface area contributed by atoms with Crippen molar-refractivity contribution in [2.24, 2.45) is 5.92 Å². The largest absolute Gasteiger partial charge is 0.394 e. The number of nitrogens with one attached hydrogen (secondary N) is 1. The molecule has 1 amide bonds. The molecule has 0 bridgehead atoms. The zero-order chi connectivity index (χ0) is 10.6. The molecule has 0 aromatic carbocycles. The third-order valence-corrected chi connectivity index (χ3v) is 2.44. The molecule has 82 valence electrons. The van der Waals surface area contributed by atoms with Crippen molar-refractivity contribution in [2.45, 2.75) is 38.8 Å². The maximum absolute atomic E-state index is 11.3. The van der Waals surface area contributed by atoms with E-state index in [-0.39, 0.29) is 30.6 Å².